The fraction of sp³-hybridized carbons (Fsp3) is 0.900. The smallest absolute Gasteiger partial charge is 0.330 e. The highest BCUT2D eigenvalue weighted by molar-refractivity contribution is 5.85. The normalized spacial score (nSPS) is 23.1. The molecule has 90 valence electrons. The third-order valence-electron chi connectivity index (χ3n) is 2.25. The molecule has 0 bridgehead atoms. The zero-order valence-corrected chi connectivity index (χ0v) is 10.7. The highest BCUT2D eigenvalue weighted by atomic mass is 35.5. The molecule has 1 fully saturated rings. The Morgan fingerprint density at radius 3 is 2.53 bits per heavy atom. The molecule has 1 rings (SSSR count). The average Bonchev–Trinajstić information content (AvgIpc) is 2.07. The summed E-state index contributed by atoms with van der Waals surface area (Å²) in [7, 11) is 0. The van der Waals surface area contributed by atoms with Crippen molar-refractivity contribution in [2.45, 2.75) is 33.7 Å². The molecule has 0 spiro atoms. The van der Waals surface area contributed by atoms with Crippen molar-refractivity contribution in [3.63, 3.8) is 0 Å². The summed E-state index contributed by atoms with van der Waals surface area (Å²) < 4.78 is 0. The average molecular weight is 237 g/mol. The number of piperazine rings is 1. The first-order valence-electron chi connectivity index (χ1n) is 5.11. The minimum Gasteiger partial charge on any atom is -0.367 e. The van der Waals surface area contributed by atoms with Crippen LogP contribution >= 0.6 is 12.4 Å². The topological polar surface area (TPSA) is 41.6 Å². The van der Waals surface area contributed by atoms with E-state index in [0.717, 1.165) is 19.6 Å². The van der Waals surface area contributed by atoms with Crippen LogP contribution in [0.5, 0.6) is 0 Å². The van der Waals surface area contributed by atoms with Crippen LogP contribution in [0.2, 0.25) is 0 Å². The highest BCUT2D eigenvalue weighted by Gasteiger charge is 2.28. The molecule has 1 aliphatic heterocycles. The number of hydrogen-bond acceptors (Lipinski definition) is 4. The van der Waals surface area contributed by atoms with E-state index in [9.17, 15) is 4.79 Å². The van der Waals surface area contributed by atoms with Crippen molar-refractivity contribution in [1.29, 1.82) is 0 Å². The molecule has 15 heavy (non-hydrogen) atoms. The minimum atomic E-state index is -0.426. The Kier molecular flexibility index (Phi) is 5.56. The van der Waals surface area contributed by atoms with Crippen LogP contribution in [0.25, 0.3) is 0 Å². The lowest BCUT2D eigenvalue weighted by Gasteiger charge is -2.33. The van der Waals surface area contributed by atoms with Crippen LogP contribution in [0.4, 0.5) is 0 Å². The third kappa shape index (κ3) is 4.36. The standard InChI is InChI=1S/C10H20N2O2.ClH/c1-8-7-11-5-6-12(8)14-9(13)10(2,3)4;/h8,11H,5-7H2,1-4H3;1H/t8-;/m1./s1. The van der Waals surface area contributed by atoms with Crippen LogP contribution in [-0.4, -0.2) is 36.7 Å². The van der Waals surface area contributed by atoms with Gasteiger partial charge in [0.15, 0.2) is 0 Å². The van der Waals surface area contributed by atoms with E-state index in [4.69, 9.17) is 4.84 Å². The van der Waals surface area contributed by atoms with Crippen molar-refractivity contribution >= 4 is 18.4 Å². The molecule has 5 heteroatoms. The van der Waals surface area contributed by atoms with Crippen molar-refractivity contribution in [3.8, 4) is 0 Å². The van der Waals surface area contributed by atoms with Gasteiger partial charge in [0.2, 0.25) is 0 Å². The maximum Gasteiger partial charge on any atom is 0.330 e. The predicted molar refractivity (Wildman–Crippen MR) is 61.8 cm³/mol. The lowest BCUT2D eigenvalue weighted by Crippen LogP contribution is -2.51. The number of nitrogens with zero attached hydrogens (tertiary/aromatic N) is 1. The van der Waals surface area contributed by atoms with Crippen molar-refractivity contribution in [2.75, 3.05) is 19.6 Å². The molecular formula is C10H21ClN2O2. The predicted octanol–water partition coefficient (Wildman–Crippen LogP) is 1.21. The summed E-state index contributed by atoms with van der Waals surface area (Å²) in [6.07, 6.45) is 0. The van der Waals surface area contributed by atoms with Crippen molar-refractivity contribution < 1.29 is 9.63 Å². The van der Waals surface area contributed by atoms with Gasteiger partial charge >= 0.3 is 5.97 Å². The van der Waals surface area contributed by atoms with Gasteiger partial charge in [0.05, 0.1) is 11.5 Å². The number of nitrogens with one attached hydrogen (secondary N) is 1. The molecule has 0 aromatic heterocycles. The van der Waals surface area contributed by atoms with E-state index in [1.807, 2.05) is 27.7 Å². The first-order chi connectivity index (χ1) is 6.41. The van der Waals surface area contributed by atoms with Crippen LogP contribution in [0.15, 0.2) is 0 Å². The number of rotatable bonds is 1. The van der Waals surface area contributed by atoms with Gasteiger partial charge < -0.3 is 10.2 Å². The second kappa shape index (κ2) is 5.68. The molecule has 1 heterocycles. The second-order valence-corrected chi connectivity index (χ2v) is 4.82. The zero-order chi connectivity index (χ0) is 10.8. The quantitative estimate of drug-likeness (QED) is 0.743. The molecule has 1 aliphatic rings. The van der Waals surface area contributed by atoms with Gasteiger partial charge in [0.25, 0.3) is 0 Å². The molecule has 0 unspecified atom stereocenters. The van der Waals surface area contributed by atoms with Gasteiger partial charge in [0, 0.05) is 19.6 Å². The van der Waals surface area contributed by atoms with Gasteiger partial charge in [-0.15, -0.1) is 17.5 Å². The first-order valence-corrected chi connectivity index (χ1v) is 5.11. The van der Waals surface area contributed by atoms with Gasteiger partial charge in [-0.1, -0.05) is 0 Å². The molecule has 0 saturated carbocycles. The Hall–Kier alpha value is -0.320. The van der Waals surface area contributed by atoms with Gasteiger partial charge in [-0.25, -0.2) is 4.79 Å². The fourth-order valence-corrected chi connectivity index (χ4v) is 1.20. The van der Waals surface area contributed by atoms with E-state index in [1.54, 1.807) is 5.06 Å². The molecule has 4 nitrogen and oxygen atoms in total. The number of hydrogen-bond donors (Lipinski definition) is 1. The highest BCUT2D eigenvalue weighted by Crippen LogP contribution is 2.17. The number of carbonyl (C=O) groups is 1. The summed E-state index contributed by atoms with van der Waals surface area (Å²) in [4.78, 5) is 16.9. The SMILES string of the molecule is C[C@@H]1CNCCN1OC(=O)C(C)(C)C.Cl. The second-order valence-electron chi connectivity index (χ2n) is 4.82. The molecule has 1 saturated heterocycles. The molecule has 0 aromatic carbocycles. The van der Waals surface area contributed by atoms with E-state index in [-0.39, 0.29) is 24.4 Å². The van der Waals surface area contributed by atoms with E-state index in [0.29, 0.717) is 0 Å². The van der Waals surface area contributed by atoms with E-state index >= 15 is 0 Å². The Labute approximate surface area is 97.7 Å². The first kappa shape index (κ1) is 14.7. The van der Waals surface area contributed by atoms with E-state index < -0.39 is 5.41 Å². The summed E-state index contributed by atoms with van der Waals surface area (Å²) in [5.74, 6) is -0.161. The maximum absolute atomic E-state index is 11.6. The third-order valence-corrected chi connectivity index (χ3v) is 2.25. The molecule has 1 atom stereocenters. The van der Waals surface area contributed by atoms with Crippen LogP contribution in [-0.2, 0) is 9.63 Å². The summed E-state index contributed by atoms with van der Waals surface area (Å²) in [6.45, 7) is 10.1. The van der Waals surface area contributed by atoms with Crippen molar-refractivity contribution in [1.82, 2.24) is 10.4 Å². The van der Waals surface area contributed by atoms with E-state index in [2.05, 4.69) is 5.32 Å². The molecule has 0 aromatic rings. The fourth-order valence-electron chi connectivity index (χ4n) is 1.20. The molecule has 1 N–H and O–H groups in total. The molecule has 0 amide bonds. The number of hydroxylamine groups is 2. The Balaban J connectivity index is 0.00000196. The monoisotopic (exact) mass is 236 g/mol. The summed E-state index contributed by atoms with van der Waals surface area (Å²) >= 11 is 0. The lowest BCUT2D eigenvalue weighted by atomic mass is 9.98. The van der Waals surface area contributed by atoms with Crippen molar-refractivity contribution in [3.05, 3.63) is 0 Å². The molecular weight excluding hydrogens is 216 g/mol. The van der Waals surface area contributed by atoms with Gasteiger partial charge in [-0.2, -0.15) is 0 Å². The lowest BCUT2D eigenvalue weighted by molar-refractivity contribution is -0.212. The van der Waals surface area contributed by atoms with Crippen LogP contribution in [0.1, 0.15) is 27.7 Å². The summed E-state index contributed by atoms with van der Waals surface area (Å²) in [5.41, 5.74) is -0.426. The summed E-state index contributed by atoms with van der Waals surface area (Å²) in [6, 6.07) is 0.259. The van der Waals surface area contributed by atoms with Gasteiger partial charge in [-0.05, 0) is 27.7 Å². The Morgan fingerprint density at radius 2 is 2.07 bits per heavy atom. The van der Waals surface area contributed by atoms with Gasteiger partial charge in [0.1, 0.15) is 0 Å². The van der Waals surface area contributed by atoms with E-state index in [1.165, 1.54) is 0 Å². The Bertz CT molecular complexity index is 216. The molecule has 0 aliphatic carbocycles. The largest absolute Gasteiger partial charge is 0.367 e. The number of halogens is 1. The van der Waals surface area contributed by atoms with Crippen LogP contribution in [0, 0.1) is 5.41 Å². The van der Waals surface area contributed by atoms with Crippen molar-refractivity contribution in [2.24, 2.45) is 5.41 Å². The minimum absolute atomic E-state index is 0. The summed E-state index contributed by atoms with van der Waals surface area (Å²) in [5, 5.41) is 5.01. The maximum atomic E-state index is 11.6. The Morgan fingerprint density at radius 1 is 1.47 bits per heavy atom. The zero-order valence-electron chi connectivity index (χ0n) is 9.87. The van der Waals surface area contributed by atoms with Gasteiger partial charge in [-0.3, -0.25) is 0 Å². The number of carbonyl (C=O) groups excluding carboxylic acids is 1. The van der Waals surface area contributed by atoms with Crippen LogP contribution < -0.4 is 5.32 Å². The van der Waals surface area contributed by atoms with Crippen LogP contribution in [0.3, 0.4) is 0 Å². The molecule has 0 radical (unpaired) electrons.